The van der Waals surface area contributed by atoms with Crippen molar-refractivity contribution in [3.63, 3.8) is 0 Å². The Morgan fingerprint density at radius 2 is 1.76 bits per heavy atom. The van der Waals surface area contributed by atoms with E-state index >= 15 is 0 Å². The normalized spacial score (nSPS) is 17.8. The molecule has 1 fully saturated rings. The predicted molar refractivity (Wildman–Crippen MR) is 133 cm³/mol. The summed E-state index contributed by atoms with van der Waals surface area (Å²) in [5.41, 5.74) is 1.11. The Labute approximate surface area is 217 Å². The first-order chi connectivity index (χ1) is 17.9. The number of methoxy groups -OCH3 is 1. The van der Waals surface area contributed by atoms with E-state index in [-0.39, 0.29) is 47.8 Å². The van der Waals surface area contributed by atoms with Crippen molar-refractivity contribution >= 4 is 23.3 Å². The third-order valence-corrected chi connectivity index (χ3v) is 6.24. The van der Waals surface area contributed by atoms with E-state index in [0.29, 0.717) is 22.6 Å². The van der Waals surface area contributed by atoms with E-state index in [1.807, 2.05) is 0 Å². The van der Waals surface area contributed by atoms with Gasteiger partial charge in [-0.05, 0) is 63.6 Å². The number of morpholine rings is 1. The maximum absolute atomic E-state index is 13.8. The third-order valence-electron chi connectivity index (χ3n) is 6.24. The first kappa shape index (κ1) is 27.2. The second-order valence-corrected chi connectivity index (χ2v) is 9.34. The molecule has 202 valence electrons. The number of hydrogen-bond donors (Lipinski definition) is 1. The Bertz CT molecular complexity index is 1340. The highest BCUT2D eigenvalue weighted by Crippen LogP contribution is 2.35. The van der Waals surface area contributed by atoms with Gasteiger partial charge in [-0.1, -0.05) is 11.2 Å². The Morgan fingerprint density at radius 3 is 2.34 bits per heavy atom. The van der Waals surface area contributed by atoms with Crippen LogP contribution in [0.2, 0.25) is 0 Å². The zero-order valence-electron chi connectivity index (χ0n) is 21.6. The first-order valence-corrected chi connectivity index (χ1v) is 12.0. The summed E-state index contributed by atoms with van der Waals surface area (Å²) in [4.78, 5) is 27.3. The van der Waals surface area contributed by atoms with Crippen molar-refractivity contribution < 1.29 is 36.8 Å². The van der Waals surface area contributed by atoms with E-state index in [1.54, 1.807) is 45.9 Å². The number of ether oxygens (including phenoxy) is 2. The summed E-state index contributed by atoms with van der Waals surface area (Å²) < 4.78 is 57.2. The second kappa shape index (κ2) is 10.5. The summed E-state index contributed by atoms with van der Waals surface area (Å²) in [5.74, 6) is -0.685. The van der Waals surface area contributed by atoms with Gasteiger partial charge in [0.15, 0.2) is 0 Å². The zero-order valence-corrected chi connectivity index (χ0v) is 21.6. The van der Waals surface area contributed by atoms with Crippen LogP contribution in [0.4, 0.5) is 24.5 Å². The number of benzene rings is 2. The van der Waals surface area contributed by atoms with Gasteiger partial charge in [0.05, 0.1) is 41.8 Å². The topological polar surface area (TPSA) is 93.9 Å². The Balaban J connectivity index is 1.74. The monoisotopic (exact) mass is 531 g/mol. The van der Waals surface area contributed by atoms with Crippen LogP contribution in [0.5, 0.6) is 0 Å². The van der Waals surface area contributed by atoms with E-state index in [4.69, 9.17) is 14.0 Å². The lowest BCUT2D eigenvalue weighted by Crippen LogP contribution is -2.48. The summed E-state index contributed by atoms with van der Waals surface area (Å²) >= 11 is 0. The van der Waals surface area contributed by atoms with Gasteiger partial charge < -0.3 is 24.2 Å². The molecule has 1 saturated heterocycles. The van der Waals surface area contributed by atoms with Gasteiger partial charge in [0, 0.05) is 29.9 Å². The van der Waals surface area contributed by atoms with Crippen molar-refractivity contribution in [3.05, 3.63) is 64.5 Å². The molecule has 11 heteroatoms. The number of anilines is 2. The van der Waals surface area contributed by atoms with Crippen LogP contribution < -0.4 is 5.32 Å². The van der Waals surface area contributed by atoms with Crippen LogP contribution >= 0.6 is 0 Å². The first-order valence-electron chi connectivity index (χ1n) is 12.0. The summed E-state index contributed by atoms with van der Waals surface area (Å²) in [7, 11) is 1.21. The van der Waals surface area contributed by atoms with Crippen molar-refractivity contribution in [2.45, 2.75) is 46.1 Å². The molecule has 3 aromatic rings. The molecule has 1 aromatic heterocycles. The molecule has 1 aliphatic heterocycles. The lowest BCUT2D eigenvalue weighted by molar-refractivity contribution is -0.137. The van der Waals surface area contributed by atoms with Crippen LogP contribution in [-0.2, 0) is 15.7 Å². The largest absolute Gasteiger partial charge is 0.465 e. The van der Waals surface area contributed by atoms with Crippen LogP contribution in [0.25, 0.3) is 11.1 Å². The molecule has 4 rings (SSSR count). The second-order valence-electron chi connectivity index (χ2n) is 9.34. The van der Waals surface area contributed by atoms with E-state index in [1.165, 1.54) is 18.1 Å². The molecule has 0 aliphatic carbocycles. The van der Waals surface area contributed by atoms with E-state index in [0.717, 1.165) is 12.1 Å². The third kappa shape index (κ3) is 5.67. The molecule has 8 nitrogen and oxygen atoms in total. The minimum absolute atomic E-state index is 0.00669. The van der Waals surface area contributed by atoms with Gasteiger partial charge in [-0.25, -0.2) is 4.79 Å². The number of amides is 1. The Hall–Kier alpha value is -3.86. The Morgan fingerprint density at radius 1 is 1.08 bits per heavy atom. The highest BCUT2D eigenvalue weighted by atomic mass is 19.4. The number of aromatic nitrogens is 1. The lowest BCUT2D eigenvalue weighted by atomic mass is 10.00. The van der Waals surface area contributed by atoms with Crippen molar-refractivity contribution in [2.75, 3.05) is 25.5 Å². The molecule has 38 heavy (non-hydrogen) atoms. The summed E-state index contributed by atoms with van der Waals surface area (Å²) in [6.07, 6.45) is -5.19. The number of nitrogens with zero attached hydrogens (tertiary/aromatic N) is 2. The SMILES string of the molecule is COC(=O)c1cc(-c2c(C)noc2C)ccc1Nc1cc(C(=O)N2CC(C)OC(C)C2)cc(C(F)(F)F)c1. The van der Waals surface area contributed by atoms with Crippen molar-refractivity contribution in [1.29, 1.82) is 0 Å². The number of carbonyl (C=O) groups excluding carboxylic acids is 2. The van der Waals surface area contributed by atoms with Gasteiger partial charge in [-0.15, -0.1) is 0 Å². The number of rotatable bonds is 5. The molecular formula is C27H28F3N3O5. The molecule has 2 unspecified atom stereocenters. The van der Waals surface area contributed by atoms with Crippen molar-refractivity contribution in [2.24, 2.45) is 0 Å². The smallest absolute Gasteiger partial charge is 0.416 e. The summed E-state index contributed by atoms with van der Waals surface area (Å²) in [5, 5.41) is 6.81. The quantitative estimate of drug-likeness (QED) is 0.419. The molecular weight excluding hydrogens is 503 g/mol. The predicted octanol–water partition coefficient (Wildman–Crippen LogP) is 5.76. The number of esters is 1. The molecule has 2 heterocycles. The molecule has 2 atom stereocenters. The molecule has 2 aromatic carbocycles. The fourth-order valence-electron chi connectivity index (χ4n) is 4.65. The van der Waals surface area contributed by atoms with Gasteiger partial charge in [0.25, 0.3) is 5.91 Å². The summed E-state index contributed by atoms with van der Waals surface area (Å²) in [6.45, 7) is 7.62. The van der Waals surface area contributed by atoms with Gasteiger partial charge in [-0.3, -0.25) is 4.79 Å². The van der Waals surface area contributed by atoms with Crippen LogP contribution in [0.15, 0.2) is 40.9 Å². The average molecular weight is 532 g/mol. The zero-order chi connectivity index (χ0) is 27.8. The number of hydrogen-bond acceptors (Lipinski definition) is 7. The number of halogens is 3. The fraction of sp³-hybridized carbons (Fsp3) is 0.370. The molecule has 0 radical (unpaired) electrons. The minimum Gasteiger partial charge on any atom is -0.465 e. The molecule has 0 saturated carbocycles. The molecule has 1 amide bonds. The molecule has 0 spiro atoms. The molecule has 1 aliphatic rings. The highest BCUT2D eigenvalue weighted by Gasteiger charge is 2.33. The standard InChI is InChI=1S/C27H28F3N3O5/c1-14-12-33(13-15(2)37-14)25(34)19-8-20(27(28,29)30)11-21(9-19)31-23-7-6-18(10-22(23)26(35)36-5)24-16(3)32-38-17(24)4/h6-11,14-15,31H,12-13H2,1-5H3. The van der Waals surface area contributed by atoms with Gasteiger partial charge in [0.1, 0.15) is 5.76 Å². The minimum atomic E-state index is -4.70. The maximum atomic E-state index is 13.8. The number of nitrogens with one attached hydrogen (secondary N) is 1. The molecule has 0 bridgehead atoms. The lowest BCUT2D eigenvalue weighted by Gasteiger charge is -2.35. The molecule has 1 N–H and O–H groups in total. The van der Waals surface area contributed by atoms with Gasteiger partial charge in [0.2, 0.25) is 0 Å². The van der Waals surface area contributed by atoms with E-state index in [9.17, 15) is 22.8 Å². The highest BCUT2D eigenvalue weighted by molar-refractivity contribution is 5.99. The van der Waals surface area contributed by atoms with Crippen LogP contribution in [0.3, 0.4) is 0 Å². The van der Waals surface area contributed by atoms with Gasteiger partial charge >= 0.3 is 12.1 Å². The van der Waals surface area contributed by atoms with Crippen LogP contribution in [0.1, 0.15) is 51.6 Å². The van der Waals surface area contributed by atoms with Crippen molar-refractivity contribution in [3.8, 4) is 11.1 Å². The van der Waals surface area contributed by atoms with E-state index < -0.39 is 23.6 Å². The van der Waals surface area contributed by atoms with E-state index in [2.05, 4.69) is 10.5 Å². The van der Waals surface area contributed by atoms with Crippen LogP contribution in [-0.4, -0.2) is 54.3 Å². The maximum Gasteiger partial charge on any atom is 0.416 e. The fourth-order valence-corrected chi connectivity index (χ4v) is 4.65. The van der Waals surface area contributed by atoms with Gasteiger partial charge in [-0.2, -0.15) is 13.2 Å². The number of alkyl halides is 3. The van der Waals surface area contributed by atoms with Crippen LogP contribution in [0, 0.1) is 13.8 Å². The Kier molecular flexibility index (Phi) is 7.50. The number of aryl methyl sites for hydroxylation is 2. The number of carbonyl (C=O) groups is 2. The van der Waals surface area contributed by atoms with Crippen molar-refractivity contribution in [1.82, 2.24) is 10.1 Å². The summed E-state index contributed by atoms with van der Waals surface area (Å²) in [6, 6.07) is 7.87. The average Bonchev–Trinajstić information content (AvgIpc) is 3.19.